The summed E-state index contributed by atoms with van der Waals surface area (Å²) in [6.07, 6.45) is 2.72. The monoisotopic (exact) mass is 275 g/mol. The molecule has 0 amide bonds. The number of hydrogen-bond donors (Lipinski definition) is 2. The summed E-state index contributed by atoms with van der Waals surface area (Å²) >= 11 is 0. The first-order chi connectivity index (χ1) is 9.53. The topological polar surface area (TPSA) is 27.3 Å². The second kappa shape index (κ2) is 7.09. The molecular weight excluding hydrogens is 246 g/mol. The van der Waals surface area contributed by atoms with E-state index in [0.29, 0.717) is 0 Å². The Morgan fingerprint density at radius 2 is 1.85 bits per heavy atom. The number of rotatable bonds is 6. The van der Waals surface area contributed by atoms with E-state index in [2.05, 4.69) is 60.6 Å². The molecule has 1 heterocycles. The van der Waals surface area contributed by atoms with E-state index in [1.165, 1.54) is 37.2 Å². The Balaban J connectivity index is 1.77. The molecule has 0 unspecified atom stereocenters. The van der Waals surface area contributed by atoms with Crippen molar-refractivity contribution in [2.45, 2.75) is 45.7 Å². The van der Waals surface area contributed by atoms with Gasteiger partial charge in [-0.2, -0.15) is 0 Å². The summed E-state index contributed by atoms with van der Waals surface area (Å²) in [7, 11) is 0. The molecule has 0 spiro atoms. The van der Waals surface area contributed by atoms with Crippen LogP contribution >= 0.6 is 0 Å². The maximum Gasteiger partial charge on any atom is 0.0343 e. The third-order valence-corrected chi connectivity index (χ3v) is 3.64. The number of nitrogens with zero attached hydrogens (tertiary/aromatic N) is 1. The highest BCUT2D eigenvalue weighted by Gasteiger charge is 2.11. The van der Waals surface area contributed by atoms with Gasteiger partial charge in [-0.25, -0.2) is 0 Å². The van der Waals surface area contributed by atoms with Gasteiger partial charge in [0.1, 0.15) is 0 Å². The zero-order valence-electron chi connectivity index (χ0n) is 13.2. The first-order valence-corrected chi connectivity index (χ1v) is 7.83. The number of anilines is 1. The van der Waals surface area contributed by atoms with Crippen LogP contribution in [-0.2, 0) is 6.54 Å². The molecule has 1 aromatic rings. The first-order valence-electron chi connectivity index (χ1n) is 7.83. The van der Waals surface area contributed by atoms with Gasteiger partial charge in [0.2, 0.25) is 0 Å². The zero-order valence-corrected chi connectivity index (χ0v) is 13.2. The lowest BCUT2D eigenvalue weighted by molar-refractivity contribution is 0.331. The molecule has 0 atom stereocenters. The van der Waals surface area contributed by atoms with Gasteiger partial charge in [0, 0.05) is 30.9 Å². The van der Waals surface area contributed by atoms with Crippen molar-refractivity contribution in [3.63, 3.8) is 0 Å². The zero-order chi connectivity index (χ0) is 14.4. The Bertz CT molecular complexity index is 403. The molecule has 1 fully saturated rings. The van der Waals surface area contributed by atoms with Gasteiger partial charge >= 0.3 is 0 Å². The van der Waals surface area contributed by atoms with Crippen molar-refractivity contribution < 1.29 is 0 Å². The van der Waals surface area contributed by atoms with Crippen molar-refractivity contribution in [1.82, 2.24) is 10.2 Å². The summed E-state index contributed by atoms with van der Waals surface area (Å²) in [5.74, 6) is 0. The Labute approximate surface area is 123 Å². The van der Waals surface area contributed by atoms with Crippen molar-refractivity contribution in [3.8, 4) is 0 Å². The second-order valence-electron chi connectivity index (χ2n) is 6.79. The van der Waals surface area contributed by atoms with Crippen LogP contribution in [0.5, 0.6) is 0 Å². The fourth-order valence-electron chi connectivity index (χ4n) is 2.62. The van der Waals surface area contributed by atoms with Gasteiger partial charge in [-0.15, -0.1) is 0 Å². The molecule has 0 radical (unpaired) electrons. The molecule has 1 aliphatic rings. The van der Waals surface area contributed by atoms with E-state index in [4.69, 9.17) is 0 Å². The fourth-order valence-corrected chi connectivity index (χ4v) is 2.62. The highest BCUT2D eigenvalue weighted by atomic mass is 15.1. The van der Waals surface area contributed by atoms with Gasteiger partial charge < -0.3 is 10.6 Å². The number of benzene rings is 1. The third kappa shape index (κ3) is 5.51. The summed E-state index contributed by atoms with van der Waals surface area (Å²) in [5.41, 5.74) is 2.84. The minimum absolute atomic E-state index is 0.194. The van der Waals surface area contributed by atoms with Crippen LogP contribution in [0.25, 0.3) is 0 Å². The predicted molar refractivity (Wildman–Crippen MR) is 87.2 cm³/mol. The lowest BCUT2D eigenvalue weighted by atomic mass is 10.1. The summed E-state index contributed by atoms with van der Waals surface area (Å²) in [6, 6.07) is 8.84. The largest absolute Gasteiger partial charge is 0.384 e. The summed E-state index contributed by atoms with van der Waals surface area (Å²) in [6.45, 7) is 12.2. The summed E-state index contributed by atoms with van der Waals surface area (Å²) < 4.78 is 0. The Kier molecular flexibility index (Phi) is 5.44. The normalized spacial score (nSPS) is 16.6. The van der Waals surface area contributed by atoms with E-state index in [-0.39, 0.29) is 5.54 Å². The molecule has 3 heteroatoms. The molecule has 0 saturated carbocycles. The highest BCUT2D eigenvalue weighted by Crippen LogP contribution is 2.15. The Morgan fingerprint density at radius 1 is 1.10 bits per heavy atom. The van der Waals surface area contributed by atoms with Crippen LogP contribution in [0.2, 0.25) is 0 Å². The molecular formula is C17H29N3. The molecule has 0 aromatic heterocycles. The van der Waals surface area contributed by atoms with Crippen LogP contribution < -0.4 is 10.6 Å². The van der Waals surface area contributed by atoms with E-state index in [1.807, 2.05) is 0 Å². The van der Waals surface area contributed by atoms with Crippen LogP contribution in [0.3, 0.4) is 0 Å². The van der Waals surface area contributed by atoms with Crippen LogP contribution in [-0.4, -0.2) is 36.6 Å². The minimum Gasteiger partial charge on any atom is -0.384 e. The van der Waals surface area contributed by atoms with Crippen molar-refractivity contribution in [3.05, 3.63) is 29.8 Å². The van der Waals surface area contributed by atoms with Gasteiger partial charge in [-0.1, -0.05) is 12.1 Å². The van der Waals surface area contributed by atoms with Crippen molar-refractivity contribution in [2.75, 3.05) is 31.5 Å². The molecule has 1 aliphatic heterocycles. The van der Waals surface area contributed by atoms with Crippen molar-refractivity contribution >= 4 is 5.69 Å². The summed E-state index contributed by atoms with van der Waals surface area (Å²) in [5, 5.41) is 7.00. The quantitative estimate of drug-likeness (QED) is 0.781. The SMILES string of the molecule is CC(C)(C)NCCNc1cccc(CN2CCCC2)c1. The molecule has 1 aromatic carbocycles. The average molecular weight is 275 g/mol. The van der Waals surface area contributed by atoms with Crippen LogP contribution in [0.1, 0.15) is 39.2 Å². The van der Waals surface area contributed by atoms with Gasteiger partial charge in [0.15, 0.2) is 0 Å². The molecule has 0 aliphatic carbocycles. The number of nitrogens with one attached hydrogen (secondary N) is 2. The van der Waals surface area contributed by atoms with Crippen molar-refractivity contribution in [1.29, 1.82) is 0 Å². The molecule has 112 valence electrons. The molecule has 3 nitrogen and oxygen atoms in total. The van der Waals surface area contributed by atoms with E-state index >= 15 is 0 Å². The van der Waals surface area contributed by atoms with E-state index in [0.717, 1.165) is 19.6 Å². The van der Waals surface area contributed by atoms with E-state index in [9.17, 15) is 0 Å². The maximum atomic E-state index is 3.50. The van der Waals surface area contributed by atoms with Gasteiger partial charge in [0.25, 0.3) is 0 Å². The predicted octanol–water partition coefficient (Wildman–Crippen LogP) is 3.08. The smallest absolute Gasteiger partial charge is 0.0343 e. The Hall–Kier alpha value is -1.06. The number of hydrogen-bond acceptors (Lipinski definition) is 3. The van der Waals surface area contributed by atoms with E-state index < -0.39 is 0 Å². The maximum absolute atomic E-state index is 3.50. The molecule has 0 bridgehead atoms. The third-order valence-electron chi connectivity index (χ3n) is 3.64. The van der Waals surface area contributed by atoms with Gasteiger partial charge in [0.05, 0.1) is 0 Å². The lowest BCUT2D eigenvalue weighted by Gasteiger charge is -2.21. The number of likely N-dealkylation sites (tertiary alicyclic amines) is 1. The van der Waals surface area contributed by atoms with Crippen molar-refractivity contribution in [2.24, 2.45) is 0 Å². The van der Waals surface area contributed by atoms with Crippen LogP contribution in [0, 0.1) is 0 Å². The molecule has 2 rings (SSSR count). The summed E-state index contributed by atoms with van der Waals surface area (Å²) in [4.78, 5) is 2.54. The lowest BCUT2D eigenvalue weighted by Crippen LogP contribution is -2.38. The molecule has 1 saturated heterocycles. The minimum atomic E-state index is 0.194. The second-order valence-corrected chi connectivity index (χ2v) is 6.79. The van der Waals surface area contributed by atoms with E-state index in [1.54, 1.807) is 0 Å². The molecule has 20 heavy (non-hydrogen) atoms. The van der Waals surface area contributed by atoms with Crippen LogP contribution in [0.4, 0.5) is 5.69 Å². The first kappa shape index (κ1) is 15.3. The molecule has 2 N–H and O–H groups in total. The standard InChI is InChI=1S/C17H29N3/c1-17(2,3)19-10-9-18-16-8-6-7-15(13-16)14-20-11-4-5-12-20/h6-8,13,18-19H,4-5,9-12,14H2,1-3H3. The fraction of sp³-hybridized carbons (Fsp3) is 0.647. The Morgan fingerprint density at radius 3 is 2.55 bits per heavy atom. The average Bonchev–Trinajstić information content (AvgIpc) is 2.87. The highest BCUT2D eigenvalue weighted by molar-refractivity contribution is 5.45. The van der Waals surface area contributed by atoms with Gasteiger partial charge in [-0.05, 0) is 64.4 Å². The van der Waals surface area contributed by atoms with Crippen LogP contribution in [0.15, 0.2) is 24.3 Å². The van der Waals surface area contributed by atoms with Gasteiger partial charge in [-0.3, -0.25) is 4.90 Å².